The number of piperidine rings is 1. The molecule has 2 atom stereocenters. The number of rotatable bonds is 8. The molecule has 0 amide bonds. The molecule has 18 heavy (non-hydrogen) atoms. The Morgan fingerprint density at radius 3 is 3.06 bits per heavy atom. The molecule has 0 radical (unpaired) electrons. The van der Waals surface area contributed by atoms with E-state index in [9.17, 15) is 0 Å². The van der Waals surface area contributed by atoms with Gasteiger partial charge in [-0.2, -0.15) is 0 Å². The zero-order valence-electron chi connectivity index (χ0n) is 11.5. The normalized spacial score (nSPS) is 28.7. The third kappa shape index (κ3) is 5.65. The van der Waals surface area contributed by atoms with Crippen molar-refractivity contribution in [2.75, 3.05) is 46.0 Å². The maximum Gasteiger partial charge on any atom is 0.0809 e. The lowest BCUT2D eigenvalue weighted by Crippen LogP contribution is -2.36. The van der Waals surface area contributed by atoms with Crippen molar-refractivity contribution in [3.05, 3.63) is 0 Å². The van der Waals surface area contributed by atoms with Crippen molar-refractivity contribution in [1.82, 2.24) is 10.6 Å². The van der Waals surface area contributed by atoms with Crippen LogP contribution in [0.2, 0.25) is 0 Å². The van der Waals surface area contributed by atoms with Crippen LogP contribution in [-0.4, -0.2) is 52.1 Å². The first-order valence-electron chi connectivity index (χ1n) is 7.56. The average molecular weight is 256 g/mol. The van der Waals surface area contributed by atoms with Gasteiger partial charge < -0.3 is 20.1 Å². The molecule has 2 heterocycles. The second kappa shape index (κ2) is 8.86. The molecule has 0 aromatic rings. The number of hydrogen-bond donors (Lipinski definition) is 2. The summed E-state index contributed by atoms with van der Waals surface area (Å²) in [5.74, 6) is 0.826. The lowest BCUT2D eigenvalue weighted by Gasteiger charge is -2.22. The topological polar surface area (TPSA) is 42.5 Å². The van der Waals surface area contributed by atoms with E-state index in [4.69, 9.17) is 9.47 Å². The van der Waals surface area contributed by atoms with Gasteiger partial charge in [0.1, 0.15) is 0 Å². The molecule has 2 rings (SSSR count). The number of nitrogens with one attached hydrogen (secondary N) is 2. The minimum atomic E-state index is 0.367. The summed E-state index contributed by atoms with van der Waals surface area (Å²) in [5.41, 5.74) is 0. The van der Waals surface area contributed by atoms with Crippen molar-refractivity contribution in [1.29, 1.82) is 0 Å². The molecule has 0 aromatic carbocycles. The lowest BCUT2D eigenvalue weighted by atomic mass is 10.00. The molecule has 0 bridgehead atoms. The van der Waals surface area contributed by atoms with Gasteiger partial charge >= 0.3 is 0 Å². The van der Waals surface area contributed by atoms with Crippen LogP contribution in [0.3, 0.4) is 0 Å². The van der Waals surface area contributed by atoms with E-state index in [0.717, 1.165) is 45.2 Å². The molecule has 4 nitrogen and oxygen atoms in total. The Hall–Kier alpha value is -0.160. The van der Waals surface area contributed by atoms with E-state index in [1.165, 1.54) is 38.8 Å². The molecule has 0 spiro atoms. The third-order valence-corrected chi connectivity index (χ3v) is 3.80. The summed E-state index contributed by atoms with van der Waals surface area (Å²) in [4.78, 5) is 0. The van der Waals surface area contributed by atoms with Crippen molar-refractivity contribution < 1.29 is 9.47 Å². The van der Waals surface area contributed by atoms with E-state index in [1.807, 2.05) is 0 Å². The Balaban J connectivity index is 1.35. The molecule has 106 valence electrons. The zero-order chi connectivity index (χ0) is 12.5. The van der Waals surface area contributed by atoms with Gasteiger partial charge in [-0.3, -0.25) is 0 Å². The summed E-state index contributed by atoms with van der Waals surface area (Å²) in [6.07, 6.45) is 6.54. The molecular formula is C14H28N2O2. The lowest BCUT2D eigenvalue weighted by molar-refractivity contribution is 0.0166. The zero-order valence-corrected chi connectivity index (χ0v) is 11.5. The summed E-state index contributed by atoms with van der Waals surface area (Å²) in [7, 11) is 0. The van der Waals surface area contributed by atoms with Gasteiger partial charge in [-0.25, -0.2) is 0 Å². The predicted octanol–water partition coefficient (Wildman–Crippen LogP) is 1.16. The van der Waals surface area contributed by atoms with Gasteiger partial charge in [0.2, 0.25) is 0 Å². The van der Waals surface area contributed by atoms with Crippen LogP contribution in [0.15, 0.2) is 0 Å². The minimum Gasteiger partial charge on any atom is -0.379 e. The van der Waals surface area contributed by atoms with Crippen LogP contribution in [0.4, 0.5) is 0 Å². The summed E-state index contributed by atoms with van der Waals surface area (Å²) < 4.78 is 11.1. The highest BCUT2D eigenvalue weighted by atomic mass is 16.5. The molecule has 4 heteroatoms. The van der Waals surface area contributed by atoms with E-state index < -0.39 is 0 Å². The fourth-order valence-corrected chi connectivity index (χ4v) is 2.69. The molecule has 2 N–H and O–H groups in total. The fourth-order valence-electron chi connectivity index (χ4n) is 2.69. The van der Waals surface area contributed by atoms with Crippen LogP contribution < -0.4 is 10.6 Å². The molecule has 2 saturated heterocycles. The van der Waals surface area contributed by atoms with Crippen molar-refractivity contribution >= 4 is 0 Å². The summed E-state index contributed by atoms with van der Waals surface area (Å²) >= 11 is 0. The van der Waals surface area contributed by atoms with Gasteiger partial charge in [0.05, 0.1) is 12.7 Å². The molecule has 2 unspecified atom stereocenters. The Morgan fingerprint density at radius 2 is 2.28 bits per heavy atom. The van der Waals surface area contributed by atoms with E-state index >= 15 is 0 Å². The van der Waals surface area contributed by atoms with Crippen LogP contribution in [0.1, 0.15) is 32.1 Å². The Morgan fingerprint density at radius 1 is 1.28 bits per heavy atom. The van der Waals surface area contributed by atoms with Crippen LogP contribution >= 0.6 is 0 Å². The second-order valence-electron chi connectivity index (χ2n) is 5.48. The molecule has 2 aliphatic heterocycles. The van der Waals surface area contributed by atoms with Crippen LogP contribution in [-0.2, 0) is 9.47 Å². The van der Waals surface area contributed by atoms with Crippen molar-refractivity contribution in [2.45, 2.75) is 38.2 Å². The van der Waals surface area contributed by atoms with Gasteiger partial charge in [-0.1, -0.05) is 0 Å². The van der Waals surface area contributed by atoms with Crippen molar-refractivity contribution in [3.8, 4) is 0 Å². The largest absolute Gasteiger partial charge is 0.379 e. The highest BCUT2D eigenvalue weighted by molar-refractivity contribution is 4.70. The van der Waals surface area contributed by atoms with Crippen LogP contribution in [0, 0.1) is 5.92 Å². The highest BCUT2D eigenvalue weighted by Gasteiger charge is 2.15. The average Bonchev–Trinajstić information content (AvgIpc) is 2.92. The maximum atomic E-state index is 5.63. The van der Waals surface area contributed by atoms with Gasteiger partial charge in [0.15, 0.2) is 0 Å². The van der Waals surface area contributed by atoms with E-state index in [1.54, 1.807) is 0 Å². The molecular weight excluding hydrogens is 228 g/mol. The van der Waals surface area contributed by atoms with Gasteiger partial charge in [0.25, 0.3) is 0 Å². The van der Waals surface area contributed by atoms with Crippen LogP contribution in [0.5, 0.6) is 0 Å². The smallest absolute Gasteiger partial charge is 0.0809 e. The molecule has 0 aromatic heterocycles. The summed E-state index contributed by atoms with van der Waals surface area (Å²) in [5, 5.41) is 6.98. The van der Waals surface area contributed by atoms with E-state index in [0.29, 0.717) is 6.10 Å². The maximum absolute atomic E-state index is 5.63. The summed E-state index contributed by atoms with van der Waals surface area (Å²) in [6, 6.07) is 0. The number of hydrogen-bond acceptors (Lipinski definition) is 4. The first kappa shape index (κ1) is 14.3. The Kier molecular flexibility index (Phi) is 7.01. The first-order chi connectivity index (χ1) is 8.95. The molecule has 2 aliphatic rings. The standard InChI is InChI=1S/C14H28N2O2/c1-4-13(10-15-6-1)11-16-7-3-8-17-12-14-5-2-9-18-14/h13-16H,1-12H2. The minimum absolute atomic E-state index is 0.367. The Bertz CT molecular complexity index is 202. The quantitative estimate of drug-likeness (QED) is 0.640. The summed E-state index contributed by atoms with van der Waals surface area (Å²) in [6.45, 7) is 7.17. The van der Waals surface area contributed by atoms with Gasteiger partial charge in [-0.15, -0.1) is 0 Å². The second-order valence-corrected chi connectivity index (χ2v) is 5.48. The molecule has 0 aliphatic carbocycles. The van der Waals surface area contributed by atoms with E-state index in [2.05, 4.69) is 10.6 Å². The first-order valence-corrected chi connectivity index (χ1v) is 7.56. The third-order valence-electron chi connectivity index (χ3n) is 3.80. The molecule has 0 saturated carbocycles. The van der Waals surface area contributed by atoms with Crippen molar-refractivity contribution in [3.63, 3.8) is 0 Å². The SMILES string of the molecule is C(CNCC1CCCNC1)COCC1CCCO1. The van der Waals surface area contributed by atoms with Crippen LogP contribution in [0.25, 0.3) is 0 Å². The molecule has 2 fully saturated rings. The van der Waals surface area contributed by atoms with Gasteiger partial charge in [0, 0.05) is 13.2 Å². The fraction of sp³-hybridized carbons (Fsp3) is 1.00. The predicted molar refractivity (Wildman–Crippen MR) is 72.9 cm³/mol. The van der Waals surface area contributed by atoms with Crippen molar-refractivity contribution in [2.24, 2.45) is 5.92 Å². The highest BCUT2D eigenvalue weighted by Crippen LogP contribution is 2.11. The van der Waals surface area contributed by atoms with Gasteiger partial charge in [-0.05, 0) is 64.2 Å². The monoisotopic (exact) mass is 256 g/mol. The number of ether oxygens (including phenoxy) is 2. The van der Waals surface area contributed by atoms with E-state index in [-0.39, 0.29) is 0 Å². The Labute approximate surface area is 111 Å².